The van der Waals surface area contributed by atoms with Gasteiger partial charge in [0.05, 0.1) is 13.2 Å². The van der Waals surface area contributed by atoms with Crippen molar-refractivity contribution in [2.45, 2.75) is 31.5 Å². The molecule has 2 aromatic rings. The van der Waals surface area contributed by atoms with Gasteiger partial charge in [0.1, 0.15) is 12.2 Å². The first kappa shape index (κ1) is 18.5. The van der Waals surface area contributed by atoms with Crippen LogP contribution in [-0.4, -0.2) is 39.9 Å². The van der Waals surface area contributed by atoms with Gasteiger partial charge in [-0.25, -0.2) is 0 Å². The van der Waals surface area contributed by atoms with Crippen molar-refractivity contribution >= 4 is 22.7 Å². The van der Waals surface area contributed by atoms with Gasteiger partial charge in [-0.3, -0.25) is 0 Å². The van der Waals surface area contributed by atoms with Crippen LogP contribution >= 0.6 is 22.7 Å². The lowest BCUT2D eigenvalue weighted by atomic mass is 9.95. The van der Waals surface area contributed by atoms with Crippen molar-refractivity contribution in [3.63, 3.8) is 0 Å². The smallest absolute Gasteiger partial charge is 0.177 e. The van der Waals surface area contributed by atoms with Gasteiger partial charge >= 0.3 is 0 Å². The van der Waals surface area contributed by atoms with Crippen LogP contribution in [0, 0.1) is 12.1 Å². The van der Waals surface area contributed by atoms with Gasteiger partial charge in [0.2, 0.25) is 0 Å². The number of halogens is 1. The van der Waals surface area contributed by atoms with Crippen LogP contribution in [0.15, 0.2) is 11.4 Å². The lowest BCUT2D eigenvalue weighted by Gasteiger charge is -2.30. The topological polar surface area (TPSA) is 42.5 Å². The maximum atomic E-state index is 13.9. The lowest BCUT2D eigenvalue weighted by Crippen LogP contribution is -2.34. The molecule has 0 spiro atoms. The average molecular weight is 397 g/mol. The van der Waals surface area contributed by atoms with Crippen LogP contribution in [0.3, 0.4) is 0 Å². The number of thiophene rings is 2. The first-order valence-corrected chi connectivity index (χ1v) is 10.8. The van der Waals surface area contributed by atoms with Gasteiger partial charge in [0.25, 0.3) is 0 Å². The molecule has 4 nitrogen and oxygen atoms in total. The van der Waals surface area contributed by atoms with Crippen molar-refractivity contribution in [1.82, 2.24) is 10.6 Å². The highest BCUT2D eigenvalue weighted by molar-refractivity contribution is 7.10. The number of ether oxygens (including phenoxy) is 2. The Bertz CT molecular complexity index is 761. The van der Waals surface area contributed by atoms with Crippen molar-refractivity contribution in [1.29, 1.82) is 0 Å². The maximum Gasteiger partial charge on any atom is 0.177 e. The fourth-order valence-electron chi connectivity index (χ4n) is 3.86. The number of rotatable bonds is 6. The Morgan fingerprint density at radius 2 is 2.04 bits per heavy atom. The SMILES string of the molecule is CNCC1OCC(CNCC2OCCc3c(C)csc32)c2cc(F)sc21. The van der Waals surface area contributed by atoms with E-state index in [2.05, 4.69) is 22.9 Å². The molecule has 3 atom stereocenters. The predicted molar refractivity (Wildman–Crippen MR) is 104 cm³/mol. The van der Waals surface area contributed by atoms with Gasteiger partial charge in [-0.1, -0.05) is 0 Å². The van der Waals surface area contributed by atoms with E-state index in [-0.39, 0.29) is 23.3 Å². The first-order chi connectivity index (χ1) is 12.7. The van der Waals surface area contributed by atoms with Crippen LogP contribution in [0.5, 0.6) is 0 Å². The summed E-state index contributed by atoms with van der Waals surface area (Å²) in [4.78, 5) is 2.39. The van der Waals surface area contributed by atoms with Gasteiger partial charge in [-0.15, -0.1) is 22.7 Å². The third-order valence-corrected chi connectivity index (χ3v) is 7.47. The van der Waals surface area contributed by atoms with E-state index in [4.69, 9.17) is 9.47 Å². The second-order valence-electron chi connectivity index (χ2n) is 6.98. The molecule has 0 aromatic carbocycles. The number of fused-ring (bicyclic) bond motifs is 2. The van der Waals surface area contributed by atoms with Crippen molar-refractivity contribution in [2.24, 2.45) is 0 Å². The van der Waals surface area contributed by atoms with E-state index >= 15 is 0 Å². The standard InChI is InChI=1S/C19H25FN2O2S2/c1-11-10-25-18-13(11)3-4-23-16(18)8-22-6-12-9-24-15(7-21-2)19-14(12)5-17(20)26-19/h5,10,12,15-16,21-22H,3-4,6-9H2,1-2H3. The summed E-state index contributed by atoms with van der Waals surface area (Å²) in [5.74, 6) is 0.187. The van der Waals surface area contributed by atoms with Crippen LogP contribution in [0.1, 0.15) is 44.6 Å². The van der Waals surface area contributed by atoms with E-state index in [0.29, 0.717) is 13.2 Å². The summed E-state index contributed by atoms with van der Waals surface area (Å²) in [7, 11) is 1.89. The average Bonchev–Trinajstić information content (AvgIpc) is 3.21. The molecule has 0 saturated carbocycles. The summed E-state index contributed by atoms with van der Waals surface area (Å²) in [5.41, 5.74) is 3.95. The molecule has 0 fully saturated rings. The Morgan fingerprint density at radius 1 is 1.19 bits per heavy atom. The summed E-state index contributed by atoms with van der Waals surface area (Å²) in [6.45, 7) is 5.86. The fraction of sp³-hybridized carbons (Fsp3) is 0.579. The van der Waals surface area contributed by atoms with Crippen LogP contribution in [0.2, 0.25) is 0 Å². The van der Waals surface area contributed by atoms with E-state index in [1.54, 1.807) is 17.4 Å². The highest BCUT2D eigenvalue weighted by atomic mass is 32.1. The second kappa shape index (κ2) is 8.04. The van der Waals surface area contributed by atoms with Crippen molar-refractivity contribution in [3.8, 4) is 0 Å². The summed E-state index contributed by atoms with van der Waals surface area (Å²) in [6, 6.07) is 1.69. The summed E-state index contributed by atoms with van der Waals surface area (Å²) in [6.07, 6.45) is 1.10. The highest BCUT2D eigenvalue weighted by Gasteiger charge is 2.31. The molecule has 2 aliphatic rings. The Morgan fingerprint density at radius 3 is 2.88 bits per heavy atom. The van der Waals surface area contributed by atoms with Crippen molar-refractivity contribution in [2.75, 3.05) is 39.9 Å². The third kappa shape index (κ3) is 3.61. The van der Waals surface area contributed by atoms with Crippen LogP contribution < -0.4 is 10.6 Å². The molecular formula is C19H25FN2O2S2. The summed E-state index contributed by atoms with van der Waals surface area (Å²) >= 11 is 3.01. The number of likely N-dealkylation sites (N-methyl/N-ethyl adjacent to an activating group) is 1. The van der Waals surface area contributed by atoms with Gasteiger partial charge in [-0.05, 0) is 48.5 Å². The van der Waals surface area contributed by atoms with Crippen molar-refractivity contribution < 1.29 is 13.9 Å². The number of hydrogen-bond donors (Lipinski definition) is 2. The zero-order valence-electron chi connectivity index (χ0n) is 15.1. The van der Waals surface area contributed by atoms with Crippen LogP contribution in [0.25, 0.3) is 0 Å². The molecular weight excluding hydrogens is 371 g/mol. The molecule has 2 aliphatic heterocycles. The molecule has 0 amide bonds. The largest absolute Gasteiger partial charge is 0.371 e. The van der Waals surface area contributed by atoms with Crippen molar-refractivity contribution in [3.05, 3.63) is 43.0 Å². The molecule has 142 valence electrons. The minimum Gasteiger partial charge on any atom is -0.371 e. The molecule has 7 heteroatoms. The molecule has 0 bridgehead atoms. The number of hydrogen-bond acceptors (Lipinski definition) is 6. The quantitative estimate of drug-likeness (QED) is 0.784. The van der Waals surface area contributed by atoms with Gasteiger partial charge < -0.3 is 20.1 Å². The Labute approximate surface area is 161 Å². The van der Waals surface area contributed by atoms with Crippen LogP contribution in [-0.2, 0) is 15.9 Å². The van der Waals surface area contributed by atoms with E-state index in [1.807, 2.05) is 7.05 Å². The minimum absolute atomic E-state index is 0.0425. The Hall–Kier alpha value is -0.830. The number of nitrogens with one attached hydrogen (secondary N) is 2. The molecule has 0 radical (unpaired) electrons. The van der Waals surface area contributed by atoms with E-state index < -0.39 is 0 Å². The third-order valence-electron chi connectivity index (χ3n) is 5.20. The lowest BCUT2D eigenvalue weighted by molar-refractivity contribution is 0.0275. The van der Waals surface area contributed by atoms with E-state index in [0.717, 1.165) is 36.6 Å². The van der Waals surface area contributed by atoms with Gasteiger partial charge in [0.15, 0.2) is 5.13 Å². The van der Waals surface area contributed by atoms with E-state index in [9.17, 15) is 4.39 Å². The first-order valence-electron chi connectivity index (χ1n) is 9.12. The molecule has 4 rings (SSSR count). The predicted octanol–water partition coefficient (Wildman–Crippen LogP) is 3.54. The molecule has 26 heavy (non-hydrogen) atoms. The molecule has 4 heterocycles. The molecule has 3 unspecified atom stereocenters. The second-order valence-corrected chi connectivity index (χ2v) is 8.92. The van der Waals surface area contributed by atoms with Crippen LogP contribution in [0.4, 0.5) is 4.39 Å². The fourth-order valence-corrected chi connectivity index (χ4v) is 6.04. The van der Waals surface area contributed by atoms with Gasteiger partial charge in [-0.2, -0.15) is 4.39 Å². The molecule has 0 saturated heterocycles. The molecule has 2 N–H and O–H groups in total. The number of aryl methyl sites for hydroxylation is 1. The maximum absolute atomic E-state index is 13.9. The monoisotopic (exact) mass is 396 g/mol. The zero-order valence-corrected chi connectivity index (χ0v) is 16.8. The Balaban J connectivity index is 1.39. The summed E-state index contributed by atoms with van der Waals surface area (Å²) in [5, 5.41) is 8.77. The highest BCUT2D eigenvalue weighted by Crippen LogP contribution is 2.39. The Kier molecular flexibility index (Phi) is 5.73. The molecule has 2 aromatic heterocycles. The summed E-state index contributed by atoms with van der Waals surface area (Å²) < 4.78 is 25.8. The van der Waals surface area contributed by atoms with E-state index in [1.165, 1.54) is 27.3 Å². The zero-order chi connectivity index (χ0) is 18.1. The molecule has 0 aliphatic carbocycles. The van der Waals surface area contributed by atoms with Gasteiger partial charge in [0, 0.05) is 35.3 Å². The minimum atomic E-state index is -0.124. The normalized spacial score (nSPS) is 25.1.